The molecule has 0 radical (unpaired) electrons. The molecule has 0 aliphatic heterocycles. The Morgan fingerprint density at radius 1 is 1.53 bits per heavy atom. The lowest BCUT2D eigenvalue weighted by atomic mass is 10.1. The van der Waals surface area contributed by atoms with Crippen molar-refractivity contribution in [3.8, 4) is 10.8 Å². The molecule has 1 atom stereocenters. The standard InChI is InChI=1S/C9H13N5O2S/c1-5-6(17-14-12-5)7-11-8(13-16-7)9(2,10)4-15-3/h4,10H2,1-3H3. The van der Waals surface area contributed by atoms with E-state index in [-0.39, 0.29) is 0 Å². The summed E-state index contributed by atoms with van der Waals surface area (Å²) < 4.78 is 14.0. The van der Waals surface area contributed by atoms with E-state index in [0.29, 0.717) is 18.3 Å². The minimum Gasteiger partial charge on any atom is -0.382 e. The summed E-state index contributed by atoms with van der Waals surface area (Å²) in [6, 6.07) is 0. The molecule has 0 aliphatic rings. The highest BCUT2D eigenvalue weighted by molar-refractivity contribution is 7.09. The number of aromatic nitrogens is 4. The summed E-state index contributed by atoms with van der Waals surface area (Å²) in [5.74, 6) is 0.794. The minimum atomic E-state index is -0.775. The molecule has 2 N–H and O–H groups in total. The van der Waals surface area contributed by atoms with E-state index >= 15 is 0 Å². The van der Waals surface area contributed by atoms with Gasteiger partial charge >= 0.3 is 0 Å². The van der Waals surface area contributed by atoms with E-state index in [1.54, 1.807) is 14.0 Å². The fourth-order valence-electron chi connectivity index (χ4n) is 1.34. The average Bonchev–Trinajstić information content (AvgIpc) is 2.85. The lowest BCUT2D eigenvalue weighted by Gasteiger charge is -2.18. The van der Waals surface area contributed by atoms with Gasteiger partial charge in [0, 0.05) is 7.11 Å². The highest BCUT2D eigenvalue weighted by Crippen LogP contribution is 2.25. The van der Waals surface area contributed by atoms with Gasteiger partial charge < -0.3 is 15.0 Å². The second-order valence-corrected chi connectivity index (χ2v) is 4.72. The molecule has 7 nitrogen and oxygen atoms in total. The Morgan fingerprint density at radius 3 is 2.88 bits per heavy atom. The zero-order chi connectivity index (χ0) is 12.5. The number of rotatable bonds is 4. The first kappa shape index (κ1) is 12.1. The van der Waals surface area contributed by atoms with Crippen LogP contribution in [0, 0.1) is 6.92 Å². The number of hydrogen-bond acceptors (Lipinski definition) is 8. The molecule has 92 valence electrons. The van der Waals surface area contributed by atoms with Gasteiger partial charge in [0.25, 0.3) is 5.89 Å². The SMILES string of the molecule is COCC(C)(N)c1noc(-c2snnc2C)n1. The average molecular weight is 255 g/mol. The van der Waals surface area contributed by atoms with E-state index in [1.807, 2.05) is 6.92 Å². The number of nitrogens with two attached hydrogens (primary N) is 1. The quantitative estimate of drug-likeness (QED) is 0.858. The summed E-state index contributed by atoms with van der Waals surface area (Å²) in [5, 5.41) is 7.75. The molecule has 2 aromatic heterocycles. The van der Waals surface area contributed by atoms with E-state index in [9.17, 15) is 0 Å². The predicted octanol–water partition coefficient (Wildman–Crippen LogP) is 0.717. The molecule has 0 aromatic carbocycles. The Morgan fingerprint density at radius 2 is 2.29 bits per heavy atom. The van der Waals surface area contributed by atoms with Gasteiger partial charge in [-0.15, -0.1) is 5.10 Å². The smallest absolute Gasteiger partial charge is 0.271 e. The summed E-state index contributed by atoms with van der Waals surface area (Å²) >= 11 is 1.21. The molecule has 2 heterocycles. The summed E-state index contributed by atoms with van der Waals surface area (Å²) in [7, 11) is 1.57. The fraction of sp³-hybridized carbons (Fsp3) is 0.556. The first-order valence-electron chi connectivity index (χ1n) is 4.96. The van der Waals surface area contributed by atoms with Crippen molar-refractivity contribution >= 4 is 11.5 Å². The zero-order valence-corrected chi connectivity index (χ0v) is 10.6. The van der Waals surface area contributed by atoms with E-state index in [0.717, 1.165) is 10.6 Å². The predicted molar refractivity (Wildman–Crippen MR) is 61.4 cm³/mol. The van der Waals surface area contributed by atoms with Gasteiger partial charge in [-0.2, -0.15) is 4.98 Å². The Bertz CT molecular complexity index is 507. The van der Waals surface area contributed by atoms with Crippen molar-refractivity contribution in [1.29, 1.82) is 0 Å². The van der Waals surface area contributed by atoms with Crippen LogP contribution in [0.4, 0.5) is 0 Å². The molecule has 1 unspecified atom stereocenters. The molecular formula is C9H13N5O2S. The molecule has 8 heteroatoms. The first-order chi connectivity index (χ1) is 8.04. The lowest BCUT2D eigenvalue weighted by Crippen LogP contribution is -2.38. The van der Waals surface area contributed by atoms with E-state index in [4.69, 9.17) is 15.0 Å². The van der Waals surface area contributed by atoms with Gasteiger partial charge in [0.05, 0.1) is 12.3 Å². The molecular weight excluding hydrogens is 242 g/mol. The maximum Gasteiger partial charge on any atom is 0.271 e. The summed E-state index contributed by atoms with van der Waals surface area (Å²) in [6.07, 6.45) is 0. The number of aryl methyl sites for hydroxylation is 1. The molecule has 2 aromatic rings. The van der Waals surface area contributed by atoms with Gasteiger partial charge in [0.1, 0.15) is 10.4 Å². The van der Waals surface area contributed by atoms with Crippen LogP contribution in [0.5, 0.6) is 0 Å². The van der Waals surface area contributed by atoms with Crippen molar-refractivity contribution in [2.45, 2.75) is 19.4 Å². The molecule has 0 fully saturated rings. The van der Waals surface area contributed by atoms with Crippen LogP contribution < -0.4 is 5.73 Å². The monoisotopic (exact) mass is 255 g/mol. The molecule has 0 saturated heterocycles. The van der Waals surface area contributed by atoms with Crippen molar-refractivity contribution in [1.82, 2.24) is 19.7 Å². The van der Waals surface area contributed by atoms with Crippen LogP contribution in [0.25, 0.3) is 10.8 Å². The molecule has 0 spiro atoms. The molecule has 17 heavy (non-hydrogen) atoms. The van der Waals surface area contributed by atoms with Crippen LogP contribution in [0.2, 0.25) is 0 Å². The topological polar surface area (TPSA) is 100.0 Å². The van der Waals surface area contributed by atoms with Crippen LogP contribution in [-0.4, -0.2) is 33.4 Å². The largest absolute Gasteiger partial charge is 0.382 e. The van der Waals surface area contributed by atoms with E-state index in [1.165, 1.54) is 11.5 Å². The van der Waals surface area contributed by atoms with Crippen LogP contribution in [-0.2, 0) is 10.3 Å². The summed E-state index contributed by atoms with van der Waals surface area (Å²) in [6.45, 7) is 3.92. The Hall–Kier alpha value is -1.38. The molecule has 0 aliphatic carbocycles. The molecule has 0 bridgehead atoms. The number of methoxy groups -OCH3 is 1. The van der Waals surface area contributed by atoms with Gasteiger partial charge in [-0.3, -0.25) is 0 Å². The third kappa shape index (κ3) is 2.33. The third-order valence-electron chi connectivity index (χ3n) is 2.23. The second kappa shape index (κ2) is 4.47. The highest BCUT2D eigenvalue weighted by Gasteiger charge is 2.28. The summed E-state index contributed by atoms with van der Waals surface area (Å²) in [5.41, 5.74) is 6.00. The molecule has 0 amide bonds. The maximum absolute atomic E-state index is 6.02. The van der Waals surface area contributed by atoms with Crippen LogP contribution in [0.15, 0.2) is 4.52 Å². The van der Waals surface area contributed by atoms with E-state index in [2.05, 4.69) is 19.7 Å². The zero-order valence-electron chi connectivity index (χ0n) is 9.80. The van der Waals surface area contributed by atoms with Crippen molar-refractivity contribution < 1.29 is 9.26 Å². The number of ether oxygens (including phenoxy) is 1. The maximum atomic E-state index is 6.02. The fourth-order valence-corrected chi connectivity index (χ4v) is 1.92. The Kier molecular flexibility index (Phi) is 3.18. The Balaban J connectivity index is 2.31. The lowest BCUT2D eigenvalue weighted by molar-refractivity contribution is 0.135. The Labute approximate surface area is 102 Å². The van der Waals surface area contributed by atoms with Crippen molar-refractivity contribution in [3.63, 3.8) is 0 Å². The van der Waals surface area contributed by atoms with Gasteiger partial charge in [-0.05, 0) is 25.4 Å². The first-order valence-corrected chi connectivity index (χ1v) is 5.73. The van der Waals surface area contributed by atoms with Crippen molar-refractivity contribution in [2.24, 2.45) is 5.73 Å². The van der Waals surface area contributed by atoms with Crippen molar-refractivity contribution in [2.75, 3.05) is 13.7 Å². The van der Waals surface area contributed by atoms with Gasteiger partial charge in [0.15, 0.2) is 5.82 Å². The van der Waals surface area contributed by atoms with Gasteiger partial charge in [0.2, 0.25) is 0 Å². The third-order valence-corrected chi connectivity index (χ3v) is 3.04. The minimum absolute atomic E-state index is 0.311. The van der Waals surface area contributed by atoms with Crippen molar-refractivity contribution in [3.05, 3.63) is 11.5 Å². The molecule has 0 saturated carbocycles. The van der Waals surface area contributed by atoms with E-state index < -0.39 is 5.54 Å². The van der Waals surface area contributed by atoms with Crippen LogP contribution in [0.1, 0.15) is 18.4 Å². The summed E-state index contributed by atoms with van der Waals surface area (Å²) in [4.78, 5) is 5.01. The number of hydrogen-bond donors (Lipinski definition) is 1. The second-order valence-electron chi connectivity index (χ2n) is 3.96. The molecule has 2 rings (SSSR count). The van der Waals surface area contributed by atoms with Gasteiger partial charge in [-0.1, -0.05) is 9.64 Å². The van der Waals surface area contributed by atoms with Crippen LogP contribution >= 0.6 is 11.5 Å². The van der Waals surface area contributed by atoms with Crippen LogP contribution in [0.3, 0.4) is 0 Å². The van der Waals surface area contributed by atoms with Gasteiger partial charge in [-0.25, -0.2) is 0 Å². The normalized spacial score (nSPS) is 14.8. The number of nitrogens with zero attached hydrogens (tertiary/aromatic N) is 4. The highest BCUT2D eigenvalue weighted by atomic mass is 32.1.